The van der Waals surface area contributed by atoms with Crippen LogP contribution in [0.4, 0.5) is 0 Å². The van der Waals surface area contributed by atoms with Crippen molar-refractivity contribution < 1.29 is 19.8 Å². The molecule has 146 valence electrons. The number of carboxylic acid groups (broad SMARTS) is 1. The Morgan fingerprint density at radius 2 is 1.85 bits per heavy atom. The van der Waals surface area contributed by atoms with Crippen molar-refractivity contribution in [1.82, 2.24) is 0 Å². The van der Waals surface area contributed by atoms with Crippen LogP contribution in [0.15, 0.2) is 0 Å². The number of aliphatic hydroxyl groups excluding tert-OH is 1. The number of carbonyl (C=O) groups excluding carboxylic acids is 1. The molecule has 26 heavy (non-hydrogen) atoms. The van der Waals surface area contributed by atoms with Gasteiger partial charge in [0.2, 0.25) is 0 Å². The van der Waals surface area contributed by atoms with Gasteiger partial charge in [0.25, 0.3) is 0 Å². The Morgan fingerprint density at radius 1 is 1.12 bits per heavy atom. The van der Waals surface area contributed by atoms with Crippen LogP contribution in [-0.4, -0.2) is 28.1 Å². The van der Waals surface area contributed by atoms with E-state index < -0.39 is 5.97 Å². The molecule has 0 radical (unpaired) electrons. The first-order chi connectivity index (χ1) is 12.2. The number of aliphatic carboxylic acids is 1. The van der Waals surface area contributed by atoms with Gasteiger partial charge in [0, 0.05) is 12.3 Å². The molecule has 0 saturated heterocycles. The second-order valence-electron chi connectivity index (χ2n) is 10.4. The molecule has 4 nitrogen and oxygen atoms in total. The summed E-state index contributed by atoms with van der Waals surface area (Å²) in [6.07, 6.45) is 7.24. The standard InChI is InChI=1S/C22H34O4/c1-12(20(25)26)16-6-7-17-15-5-4-13-10-14(23)8-9-21(13,2)19(15)18(24)11-22(16,17)3/h12-17,19,23H,4-11H2,1-3H3,(H,25,26)/t12-,13+,14+,15-,16-,17+,19-,21-,22+/m0/s1. The minimum absolute atomic E-state index is 0.0388. The third-order valence-corrected chi connectivity index (χ3v) is 9.39. The van der Waals surface area contributed by atoms with Crippen LogP contribution in [0, 0.1) is 46.3 Å². The van der Waals surface area contributed by atoms with Crippen molar-refractivity contribution in [3.05, 3.63) is 0 Å². The minimum atomic E-state index is -0.719. The first-order valence-electron chi connectivity index (χ1n) is 10.6. The normalized spacial score (nSPS) is 51.9. The molecular formula is C22H34O4. The van der Waals surface area contributed by atoms with Crippen LogP contribution in [0.5, 0.6) is 0 Å². The largest absolute Gasteiger partial charge is 0.481 e. The molecule has 4 fully saturated rings. The molecule has 0 aromatic carbocycles. The number of rotatable bonds is 2. The zero-order valence-corrected chi connectivity index (χ0v) is 16.4. The van der Waals surface area contributed by atoms with E-state index in [0.717, 1.165) is 44.9 Å². The van der Waals surface area contributed by atoms with E-state index in [0.29, 0.717) is 30.0 Å². The first kappa shape index (κ1) is 18.5. The fourth-order valence-electron chi connectivity index (χ4n) is 8.08. The molecule has 0 aromatic heterocycles. The van der Waals surface area contributed by atoms with Crippen LogP contribution in [0.3, 0.4) is 0 Å². The molecule has 0 aromatic rings. The molecule has 4 saturated carbocycles. The zero-order chi connectivity index (χ0) is 18.9. The van der Waals surface area contributed by atoms with E-state index in [1.165, 1.54) is 0 Å². The molecule has 2 N–H and O–H groups in total. The van der Waals surface area contributed by atoms with E-state index in [-0.39, 0.29) is 34.7 Å². The molecule has 0 heterocycles. The maximum absolute atomic E-state index is 13.4. The smallest absolute Gasteiger partial charge is 0.306 e. The van der Waals surface area contributed by atoms with Crippen LogP contribution in [-0.2, 0) is 9.59 Å². The number of hydrogen-bond acceptors (Lipinski definition) is 3. The fourth-order valence-corrected chi connectivity index (χ4v) is 8.08. The number of hydrogen-bond donors (Lipinski definition) is 2. The Balaban J connectivity index is 1.65. The van der Waals surface area contributed by atoms with E-state index in [2.05, 4.69) is 13.8 Å². The molecule has 4 rings (SSSR count). The maximum atomic E-state index is 13.4. The summed E-state index contributed by atoms with van der Waals surface area (Å²) in [4.78, 5) is 25.1. The monoisotopic (exact) mass is 362 g/mol. The van der Waals surface area contributed by atoms with Gasteiger partial charge >= 0.3 is 5.97 Å². The van der Waals surface area contributed by atoms with Gasteiger partial charge in [-0.2, -0.15) is 0 Å². The Bertz CT molecular complexity index is 615. The number of carbonyl (C=O) groups is 2. The summed E-state index contributed by atoms with van der Waals surface area (Å²) in [6, 6.07) is 0. The van der Waals surface area contributed by atoms with E-state index in [1.54, 1.807) is 0 Å². The number of ketones is 1. The lowest BCUT2D eigenvalue weighted by molar-refractivity contribution is -0.165. The predicted molar refractivity (Wildman–Crippen MR) is 98.4 cm³/mol. The van der Waals surface area contributed by atoms with Crippen molar-refractivity contribution in [3.8, 4) is 0 Å². The van der Waals surface area contributed by atoms with Crippen molar-refractivity contribution in [2.45, 2.75) is 78.2 Å². The van der Waals surface area contributed by atoms with Crippen LogP contribution in [0.25, 0.3) is 0 Å². The second kappa shape index (κ2) is 6.05. The van der Waals surface area contributed by atoms with Gasteiger partial charge in [0.1, 0.15) is 5.78 Å². The van der Waals surface area contributed by atoms with Gasteiger partial charge in [0.15, 0.2) is 0 Å². The van der Waals surface area contributed by atoms with E-state index in [9.17, 15) is 19.8 Å². The molecule has 4 aliphatic rings. The molecule has 0 spiro atoms. The Kier molecular flexibility index (Phi) is 4.30. The molecule has 0 amide bonds. The topological polar surface area (TPSA) is 74.6 Å². The van der Waals surface area contributed by atoms with Crippen molar-refractivity contribution in [2.75, 3.05) is 0 Å². The van der Waals surface area contributed by atoms with Crippen molar-refractivity contribution in [2.24, 2.45) is 46.3 Å². The highest BCUT2D eigenvalue weighted by atomic mass is 16.4. The SMILES string of the molecule is C[C@H](C(=O)O)[C@@H]1CC[C@@H]2[C@@H]3CC[C@@H]4C[C@H](O)CC[C@]4(C)[C@@H]3C(=O)C[C@@]21C. The zero-order valence-electron chi connectivity index (χ0n) is 16.4. The Labute approximate surface area is 156 Å². The molecule has 9 atom stereocenters. The quantitative estimate of drug-likeness (QED) is 0.781. The molecule has 4 heteroatoms. The average molecular weight is 363 g/mol. The third-order valence-electron chi connectivity index (χ3n) is 9.39. The molecular weight excluding hydrogens is 328 g/mol. The number of fused-ring (bicyclic) bond motifs is 5. The summed E-state index contributed by atoms with van der Waals surface area (Å²) in [5.41, 5.74) is -0.107. The highest BCUT2D eigenvalue weighted by Gasteiger charge is 2.63. The Hall–Kier alpha value is -0.900. The van der Waals surface area contributed by atoms with Gasteiger partial charge in [-0.15, -0.1) is 0 Å². The van der Waals surface area contributed by atoms with Crippen LogP contribution >= 0.6 is 0 Å². The van der Waals surface area contributed by atoms with Crippen LogP contribution in [0.1, 0.15) is 72.1 Å². The summed E-state index contributed by atoms with van der Waals surface area (Å²) in [5.74, 6) is 0.928. The highest BCUT2D eigenvalue weighted by molar-refractivity contribution is 5.84. The minimum Gasteiger partial charge on any atom is -0.481 e. The van der Waals surface area contributed by atoms with Crippen LogP contribution < -0.4 is 0 Å². The van der Waals surface area contributed by atoms with Gasteiger partial charge in [0.05, 0.1) is 12.0 Å². The first-order valence-corrected chi connectivity index (χ1v) is 10.6. The van der Waals surface area contributed by atoms with Gasteiger partial charge in [-0.05, 0) is 79.4 Å². The highest BCUT2D eigenvalue weighted by Crippen LogP contribution is 2.67. The number of carboxylic acids is 1. The molecule has 0 bridgehead atoms. The maximum Gasteiger partial charge on any atom is 0.306 e. The van der Waals surface area contributed by atoms with E-state index >= 15 is 0 Å². The van der Waals surface area contributed by atoms with Gasteiger partial charge in [-0.3, -0.25) is 9.59 Å². The predicted octanol–water partition coefficient (Wildman–Crippen LogP) is 3.91. The second-order valence-corrected chi connectivity index (χ2v) is 10.4. The lowest BCUT2D eigenvalue weighted by atomic mass is 9.44. The van der Waals surface area contributed by atoms with Crippen LogP contribution in [0.2, 0.25) is 0 Å². The molecule has 0 unspecified atom stereocenters. The number of Topliss-reactive ketones (excluding diaryl/α,β-unsaturated/α-hetero) is 1. The lowest BCUT2D eigenvalue weighted by Gasteiger charge is -2.60. The lowest BCUT2D eigenvalue weighted by Crippen LogP contribution is -2.58. The van der Waals surface area contributed by atoms with E-state index in [4.69, 9.17) is 0 Å². The summed E-state index contributed by atoms with van der Waals surface area (Å²) in [7, 11) is 0. The van der Waals surface area contributed by atoms with Gasteiger partial charge in [-0.25, -0.2) is 0 Å². The average Bonchev–Trinajstić information content (AvgIpc) is 2.90. The Morgan fingerprint density at radius 3 is 2.54 bits per heavy atom. The fraction of sp³-hybridized carbons (Fsp3) is 0.909. The molecule has 0 aliphatic heterocycles. The van der Waals surface area contributed by atoms with Crippen molar-refractivity contribution >= 4 is 11.8 Å². The van der Waals surface area contributed by atoms with E-state index in [1.807, 2.05) is 6.92 Å². The number of aliphatic hydroxyl groups is 1. The summed E-state index contributed by atoms with van der Waals surface area (Å²) < 4.78 is 0. The van der Waals surface area contributed by atoms with Crippen molar-refractivity contribution in [1.29, 1.82) is 0 Å². The molecule has 4 aliphatic carbocycles. The summed E-state index contributed by atoms with van der Waals surface area (Å²) >= 11 is 0. The van der Waals surface area contributed by atoms with Gasteiger partial charge in [-0.1, -0.05) is 20.8 Å². The summed E-state index contributed by atoms with van der Waals surface area (Å²) in [6.45, 7) is 6.35. The van der Waals surface area contributed by atoms with Crippen molar-refractivity contribution in [3.63, 3.8) is 0 Å². The third kappa shape index (κ3) is 2.43. The van der Waals surface area contributed by atoms with Gasteiger partial charge < -0.3 is 10.2 Å². The summed E-state index contributed by atoms with van der Waals surface area (Å²) in [5, 5.41) is 19.7.